The van der Waals surface area contributed by atoms with E-state index in [4.69, 9.17) is 4.42 Å². The molecule has 0 fully saturated rings. The molecule has 0 saturated carbocycles. The lowest BCUT2D eigenvalue weighted by Gasteiger charge is -2.07. The van der Waals surface area contributed by atoms with Crippen molar-refractivity contribution in [3.8, 4) is 28.6 Å². The zero-order valence-electron chi connectivity index (χ0n) is 11.0. The number of nitrogens with zero attached hydrogens (tertiary/aromatic N) is 1. The summed E-state index contributed by atoms with van der Waals surface area (Å²) in [5.41, 5.74) is -0.346. The first-order valence-electron chi connectivity index (χ1n) is 6.17. The molecule has 0 aliphatic rings. The number of rotatable bonds is 2. The first-order valence-corrected chi connectivity index (χ1v) is 6.17. The van der Waals surface area contributed by atoms with Crippen LogP contribution in [0.15, 0.2) is 50.8 Å². The molecule has 3 aromatic rings. The van der Waals surface area contributed by atoms with Crippen LogP contribution in [0.2, 0.25) is 0 Å². The maximum absolute atomic E-state index is 12.1. The standard InChI is InChI=1S/C15H9NO6/c17-10-4-1-7(5-11(10)18)15-14(20)13(19)9-3-2-8(16-21)6-12(9)22-15/h1-6,17-18,20H. The van der Waals surface area contributed by atoms with Gasteiger partial charge in [0.25, 0.3) is 0 Å². The molecule has 0 saturated heterocycles. The fraction of sp³-hybridized carbons (Fsp3) is 0. The minimum Gasteiger partial charge on any atom is -0.504 e. The highest BCUT2D eigenvalue weighted by atomic mass is 16.4. The minimum absolute atomic E-state index is 0.0702. The van der Waals surface area contributed by atoms with Crippen LogP contribution in [0.3, 0.4) is 0 Å². The molecule has 1 heterocycles. The van der Waals surface area contributed by atoms with Gasteiger partial charge in [-0.15, -0.1) is 4.91 Å². The number of hydrogen-bond acceptors (Lipinski definition) is 7. The fourth-order valence-corrected chi connectivity index (χ4v) is 2.09. The van der Waals surface area contributed by atoms with Gasteiger partial charge in [-0.3, -0.25) is 4.79 Å². The molecule has 0 aliphatic carbocycles. The number of benzene rings is 2. The third kappa shape index (κ3) is 2.05. The van der Waals surface area contributed by atoms with Crippen molar-refractivity contribution in [3.05, 3.63) is 51.5 Å². The Hall–Kier alpha value is -3.35. The van der Waals surface area contributed by atoms with E-state index in [-0.39, 0.29) is 33.7 Å². The van der Waals surface area contributed by atoms with Gasteiger partial charge in [-0.1, -0.05) is 0 Å². The summed E-state index contributed by atoms with van der Waals surface area (Å²) in [6, 6.07) is 7.62. The highest BCUT2D eigenvalue weighted by molar-refractivity contribution is 5.84. The Bertz CT molecular complexity index is 960. The molecular weight excluding hydrogens is 290 g/mol. The summed E-state index contributed by atoms with van der Waals surface area (Å²) in [5, 5.41) is 31.7. The minimum atomic E-state index is -0.679. The van der Waals surface area contributed by atoms with Gasteiger partial charge in [0.05, 0.1) is 5.39 Å². The predicted octanol–water partition coefficient (Wildman–Crippen LogP) is 2.97. The SMILES string of the molecule is O=Nc1ccc2c(=O)c(O)c(-c3ccc(O)c(O)c3)oc2c1. The summed E-state index contributed by atoms with van der Waals surface area (Å²) in [4.78, 5) is 22.7. The van der Waals surface area contributed by atoms with E-state index in [1.54, 1.807) is 0 Å². The van der Waals surface area contributed by atoms with Gasteiger partial charge in [-0.05, 0) is 35.5 Å². The lowest BCUT2D eigenvalue weighted by molar-refractivity contribution is 0.403. The smallest absolute Gasteiger partial charge is 0.235 e. The predicted molar refractivity (Wildman–Crippen MR) is 78.4 cm³/mol. The molecule has 0 spiro atoms. The molecule has 0 radical (unpaired) electrons. The summed E-state index contributed by atoms with van der Waals surface area (Å²) < 4.78 is 5.46. The summed E-state index contributed by atoms with van der Waals surface area (Å²) in [7, 11) is 0. The molecule has 0 aliphatic heterocycles. The van der Waals surface area contributed by atoms with E-state index in [9.17, 15) is 25.0 Å². The van der Waals surface area contributed by atoms with Gasteiger partial charge in [0.2, 0.25) is 11.2 Å². The molecule has 3 N–H and O–H groups in total. The van der Waals surface area contributed by atoms with Crippen LogP contribution in [-0.4, -0.2) is 15.3 Å². The number of phenolic OH excluding ortho intramolecular Hbond substituents is 2. The number of nitroso groups, excluding NO2 is 1. The van der Waals surface area contributed by atoms with Gasteiger partial charge in [0, 0.05) is 11.6 Å². The van der Waals surface area contributed by atoms with E-state index in [1.807, 2.05) is 0 Å². The van der Waals surface area contributed by atoms with Crippen molar-refractivity contribution < 1.29 is 19.7 Å². The van der Waals surface area contributed by atoms with Crippen LogP contribution in [0.25, 0.3) is 22.3 Å². The van der Waals surface area contributed by atoms with Crippen molar-refractivity contribution in [2.75, 3.05) is 0 Å². The molecule has 7 nitrogen and oxygen atoms in total. The van der Waals surface area contributed by atoms with E-state index >= 15 is 0 Å². The maximum atomic E-state index is 12.1. The second-order valence-electron chi connectivity index (χ2n) is 4.58. The molecule has 110 valence electrons. The van der Waals surface area contributed by atoms with Crippen molar-refractivity contribution in [2.24, 2.45) is 5.18 Å². The summed E-state index contributed by atoms with van der Waals surface area (Å²) in [5.74, 6) is -1.60. The Labute approximate surface area is 122 Å². The average molecular weight is 299 g/mol. The zero-order chi connectivity index (χ0) is 15.9. The molecule has 0 atom stereocenters. The number of aromatic hydroxyl groups is 3. The Morgan fingerprint density at radius 1 is 0.955 bits per heavy atom. The summed E-state index contributed by atoms with van der Waals surface area (Å²) in [6.07, 6.45) is 0. The van der Waals surface area contributed by atoms with Crippen molar-refractivity contribution in [2.45, 2.75) is 0 Å². The summed E-state index contributed by atoms with van der Waals surface area (Å²) >= 11 is 0. The van der Waals surface area contributed by atoms with Crippen molar-refractivity contribution in [1.29, 1.82) is 0 Å². The molecular formula is C15H9NO6. The first kappa shape index (κ1) is 13.6. The van der Waals surface area contributed by atoms with Crippen LogP contribution in [0.5, 0.6) is 17.2 Å². The molecule has 0 unspecified atom stereocenters. The Balaban J connectivity index is 2.33. The van der Waals surface area contributed by atoms with Crippen molar-refractivity contribution in [3.63, 3.8) is 0 Å². The Kier molecular flexibility index (Phi) is 3.03. The van der Waals surface area contributed by atoms with Crippen LogP contribution >= 0.6 is 0 Å². The fourth-order valence-electron chi connectivity index (χ4n) is 2.09. The molecule has 7 heteroatoms. The zero-order valence-corrected chi connectivity index (χ0v) is 11.0. The lowest BCUT2D eigenvalue weighted by Crippen LogP contribution is -2.02. The third-order valence-electron chi connectivity index (χ3n) is 3.20. The number of phenols is 2. The second-order valence-corrected chi connectivity index (χ2v) is 4.58. The van der Waals surface area contributed by atoms with Crippen LogP contribution in [-0.2, 0) is 0 Å². The van der Waals surface area contributed by atoms with E-state index < -0.39 is 16.9 Å². The third-order valence-corrected chi connectivity index (χ3v) is 3.20. The van der Waals surface area contributed by atoms with Crippen LogP contribution < -0.4 is 5.43 Å². The van der Waals surface area contributed by atoms with E-state index in [0.29, 0.717) is 0 Å². The maximum Gasteiger partial charge on any atom is 0.235 e. The van der Waals surface area contributed by atoms with Gasteiger partial charge in [0.15, 0.2) is 17.3 Å². The molecule has 22 heavy (non-hydrogen) atoms. The Morgan fingerprint density at radius 3 is 2.41 bits per heavy atom. The molecule has 0 bridgehead atoms. The van der Waals surface area contributed by atoms with Gasteiger partial charge in [-0.25, -0.2) is 0 Å². The number of fused-ring (bicyclic) bond motifs is 1. The van der Waals surface area contributed by atoms with Gasteiger partial charge < -0.3 is 19.7 Å². The van der Waals surface area contributed by atoms with Gasteiger partial charge >= 0.3 is 0 Å². The molecule has 3 rings (SSSR count). The van der Waals surface area contributed by atoms with E-state index in [2.05, 4.69) is 5.18 Å². The highest BCUT2D eigenvalue weighted by Crippen LogP contribution is 2.35. The van der Waals surface area contributed by atoms with Gasteiger partial charge in [-0.2, -0.15) is 0 Å². The van der Waals surface area contributed by atoms with Crippen molar-refractivity contribution in [1.82, 2.24) is 0 Å². The Morgan fingerprint density at radius 2 is 1.73 bits per heavy atom. The summed E-state index contributed by atoms with van der Waals surface area (Å²) in [6.45, 7) is 0. The highest BCUT2D eigenvalue weighted by Gasteiger charge is 2.16. The molecule has 2 aromatic carbocycles. The van der Waals surface area contributed by atoms with E-state index in [0.717, 1.165) is 6.07 Å². The second kappa shape index (κ2) is 4.88. The van der Waals surface area contributed by atoms with Crippen LogP contribution in [0.1, 0.15) is 0 Å². The van der Waals surface area contributed by atoms with Crippen LogP contribution in [0.4, 0.5) is 5.69 Å². The topological polar surface area (TPSA) is 120 Å². The lowest BCUT2D eigenvalue weighted by atomic mass is 10.1. The van der Waals surface area contributed by atoms with E-state index in [1.165, 1.54) is 30.3 Å². The van der Waals surface area contributed by atoms with Gasteiger partial charge in [0.1, 0.15) is 11.3 Å². The largest absolute Gasteiger partial charge is 0.504 e. The first-order chi connectivity index (χ1) is 10.5. The average Bonchev–Trinajstić information content (AvgIpc) is 2.53. The normalized spacial score (nSPS) is 10.7. The monoisotopic (exact) mass is 299 g/mol. The molecule has 1 aromatic heterocycles. The number of hydrogen-bond donors (Lipinski definition) is 3. The molecule has 0 amide bonds. The van der Waals surface area contributed by atoms with Crippen LogP contribution in [0, 0.1) is 4.91 Å². The van der Waals surface area contributed by atoms with Crippen molar-refractivity contribution >= 4 is 16.7 Å². The quantitative estimate of drug-likeness (QED) is 0.494.